The maximum absolute atomic E-state index is 12.2. The van der Waals surface area contributed by atoms with Gasteiger partial charge in [-0.05, 0) is 31.2 Å². The monoisotopic (exact) mass is 352 g/mol. The fourth-order valence-electron chi connectivity index (χ4n) is 5.50. The Morgan fingerprint density at radius 2 is 1.96 bits per heavy atom. The number of aromatic nitrogens is 3. The van der Waals surface area contributed by atoms with Gasteiger partial charge in [0.25, 0.3) is 5.56 Å². The molecule has 5 rings (SSSR count). The van der Waals surface area contributed by atoms with Crippen LogP contribution in [0.3, 0.4) is 0 Å². The molecule has 1 saturated carbocycles. The van der Waals surface area contributed by atoms with Crippen LogP contribution in [0.25, 0.3) is 0 Å². The number of nitrogens with zero attached hydrogens (tertiary/aromatic N) is 4. The minimum atomic E-state index is 0.168. The van der Waals surface area contributed by atoms with E-state index in [1.807, 2.05) is 17.0 Å². The lowest BCUT2D eigenvalue weighted by Gasteiger charge is -2.43. The zero-order chi connectivity index (χ0) is 17.5. The van der Waals surface area contributed by atoms with E-state index in [-0.39, 0.29) is 5.56 Å². The summed E-state index contributed by atoms with van der Waals surface area (Å²) in [6.45, 7) is 4.01. The highest BCUT2D eigenvalue weighted by molar-refractivity contribution is 5.17. The normalized spacial score (nSPS) is 26.6. The molecule has 2 aromatic heterocycles. The van der Waals surface area contributed by atoms with E-state index >= 15 is 0 Å². The Balaban J connectivity index is 1.34. The highest BCUT2D eigenvalue weighted by Gasteiger charge is 2.34. The van der Waals surface area contributed by atoms with Gasteiger partial charge in [-0.2, -0.15) is 0 Å². The van der Waals surface area contributed by atoms with E-state index in [2.05, 4.69) is 26.7 Å². The van der Waals surface area contributed by atoms with Gasteiger partial charge in [-0.25, -0.2) is 4.98 Å². The molecule has 4 heterocycles. The molecule has 0 N–H and O–H groups in total. The largest absolute Gasteiger partial charge is 0.330 e. The first-order chi connectivity index (χ1) is 12.8. The third kappa shape index (κ3) is 2.92. The molecule has 138 valence electrons. The third-order valence-electron chi connectivity index (χ3n) is 6.66. The van der Waals surface area contributed by atoms with Crippen LogP contribution in [0.2, 0.25) is 0 Å². The summed E-state index contributed by atoms with van der Waals surface area (Å²) in [5, 5.41) is 0. The van der Waals surface area contributed by atoms with E-state index in [1.54, 1.807) is 6.07 Å². The summed E-state index contributed by atoms with van der Waals surface area (Å²) in [6.07, 6.45) is 12.0. The van der Waals surface area contributed by atoms with E-state index in [9.17, 15) is 4.79 Å². The Morgan fingerprint density at radius 3 is 2.85 bits per heavy atom. The van der Waals surface area contributed by atoms with Crippen LogP contribution >= 0.6 is 0 Å². The van der Waals surface area contributed by atoms with Crippen LogP contribution in [-0.2, 0) is 13.1 Å². The van der Waals surface area contributed by atoms with Gasteiger partial charge < -0.3 is 9.13 Å². The molecule has 0 amide bonds. The Bertz CT molecular complexity index is 833. The van der Waals surface area contributed by atoms with Crippen molar-refractivity contribution >= 4 is 0 Å². The lowest BCUT2D eigenvalue weighted by molar-refractivity contribution is 0.111. The molecular formula is C21H28N4O. The van der Waals surface area contributed by atoms with E-state index in [4.69, 9.17) is 0 Å². The number of imidazole rings is 1. The van der Waals surface area contributed by atoms with Crippen molar-refractivity contribution in [2.75, 3.05) is 13.1 Å². The standard InChI is InChI=1S/C21H28N4O/c26-21-8-4-7-20-17-9-16(12-24(20)21)11-23(13-17)14-19-10-22-15-25(19)18-5-2-1-3-6-18/h4,7-8,10,15-18H,1-3,5-6,9,11-14H2. The molecule has 3 aliphatic rings. The molecule has 0 aromatic carbocycles. The van der Waals surface area contributed by atoms with Crippen LogP contribution in [0.15, 0.2) is 35.5 Å². The summed E-state index contributed by atoms with van der Waals surface area (Å²) >= 11 is 0. The molecule has 0 spiro atoms. The highest BCUT2D eigenvalue weighted by atomic mass is 16.1. The minimum absolute atomic E-state index is 0.168. The summed E-state index contributed by atoms with van der Waals surface area (Å²) in [5.74, 6) is 1.08. The SMILES string of the molecule is O=c1cccc2n1CC1CC2CN(Cc2cncn2C2CCCCC2)C1. The summed E-state index contributed by atoms with van der Waals surface area (Å²) in [7, 11) is 0. The van der Waals surface area contributed by atoms with Crippen LogP contribution < -0.4 is 5.56 Å². The van der Waals surface area contributed by atoms with E-state index in [0.29, 0.717) is 17.9 Å². The molecule has 2 aromatic rings. The van der Waals surface area contributed by atoms with Crippen molar-refractivity contribution in [3.8, 4) is 0 Å². The number of hydrogen-bond acceptors (Lipinski definition) is 3. The molecule has 5 nitrogen and oxygen atoms in total. The molecule has 2 bridgehead atoms. The van der Waals surface area contributed by atoms with Gasteiger partial charge in [0.2, 0.25) is 0 Å². The van der Waals surface area contributed by atoms with Crippen molar-refractivity contribution in [2.24, 2.45) is 5.92 Å². The van der Waals surface area contributed by atoms with Crippen molar-refractivity contribution in [1.29, 1.82) is 0 Å². The average molecular weight is 352 g/mol. The van der Waals surface area contributed by atoms with Gasteiger partial charge in [0.15, 0.2) is 0 Å². The maximum atomic E-state index is 12.2. The van der Waals surface area contributed by atoms with Crippen molar-refractivity contribution in [2.45, 2.75) is 63.6 Å². The van der Waals surface area contributed by atoms with E-state index in [0.717, 1.165) is 26.2 Å². The second kappa shape index (κ2) is 6.69. The Labute approximate surface area is 154 Å². The van der Waals surface area contributed by atoms with Crippen molar-refractivity contribution in [3.05, 3.63) is 52.5 Å². The Kier molecular flexibility index (Phi) is 4.20. The molecular weight excluding hydrogens is 324 g/mol. The molecule has 0 radical (unpaired) electrons. The van der Waals surface area contributed by atoms with Crippen LogP contribution in [0.4, 0.5) is 0 Å². The maximum Gasteiger partial charge on any atom is 0.250 e. The molecule has 1 saturated heterocycles. The highest BCUT2D eigenvalue weighted by Crippen LogP contribution is 2.36. The Morgan fingerprint density at radius 1 is 1.08 bits per heavy atom. The summed E-state index contributed by atoms with van der Waals surface area (Å²) < 4.78 is 4.46. The smallest absolute Gasteiger partial charge is 0.250 e. The zero-order valence-electron chi connectivity index (χ0n) is 15.4. The summed E-state index contributed by atoms with van der Waals surface area (Å²) in [5.41, 5.74) is 2.77. The van der Waals surface area contributed by atoms with Crippen LogP contribution in [-0.4, -0.2) is 32.1 Å². The van der Waals surface area contributed by atoms with Gasteiger partial charge in [0, 0.05) is 56.1 Å². The van der Waals surface area contributed by atoms with Gasteiger partial charge in [0.05, 0.1) is 12.0 Å². The predicted octanol–water partition coefficient (Wildman–Crippen LogP) is 3.17. The van der Waals surface area contributed by atoms with Gasteiger partial charge in [0.1, 0.15) is 0 Å². The van der Waals surface area contributed by atoms with Gasteiger partial charge in [-0.1, -0.05) is 25.3 Å². The number of piperidine rings is 1. The fourth-order valence-corrected chi connectivity index (χ4v) is 5.50. The quantitative estimate of drug-likeness (QED) is 0.852. The lowest BCUT2D eigenvalue weighted by Crippen LogP contribution is -2.46. The van der Waals surface area contributed by atoms with Crippen LogP contribution in [0.1, 0.15) is 61.9 Å². The molecule has 2 atom stereocenters. The summed E-state index contributed by atoms with van der Waals surface area (Å²) in [4.78, 5) is 19.3. The molecule has 2 unspecified atom stereocenters. The number of pyridine rings is 1. The second-order valence-electron chi connectivity index (χ2n) is 8.48. The first-order valence-electron chi connectivity index (χ1n) is 10.2. The topological polar surface area (TPSA) is 43.1 Å². The molecule has 2 fully saturated rings. The second-order valence-corrected chi connectivity index (χ2v) is 8.48. The predicted molar refractivity (Wildman–Crippen MR) is 101 cm³/mol. The molecule has 2 aliphatic heterocycles. The van der Waals surface area contributed by atoms with E-state index in [1.165, 1.54) is 49.9 Å². The lowest BCUT2D eigenvalue weighted by atomic mass is 9.83. The fraction of sp³-hybridized carbons (Fsp3) is 0.619. The van der Waals surface area contributed by atoms with Crippen LogP contribution in [0.5, 0.6) is 0 Å². The van der Waals surface area contributed by atoms with Crippen molar-refractivity contribution in [3.63, 3.8) is 0 Å². The molecule has 5 heteroatoms. The average Bonchev–Trinajstić information content (AvgIpc) is 3.11. The Hall–Kier alpha value is -1.88. The van der Waals surface area contributed by atoms with Crippen molar-refractivity contribution < 1.29 is 0 Å². The number of likely N-dealkylation sites (tertiary alicyclic amines) is 1. The molecule has 1 aliphatic carbocycles. The van der Waals surface area contributed by atoms with Gasteiger partial charge >= 0.3 is 0 Å². The first-order valence-corrected chi connectivity index (χ1v) is 10.2. The van der Waals surface area contributed by atoms with E-state index < -0.39 is 0 Å². The molecule has 26 heavy (non-hydrogen) atoms. The minimum Gasteiger partial charge on any atom is -0.330 e. The van der Waals surface area contributed by atoms with Crippen molar-refractivity contribution in [1.82, 2.24) is 19.0 Å². The number of fused-ring (bicyclic) bond motifs is 4. The number of rotatable bonds is 3. The van der Waals surface area contributed by atoms with Gasteiger partial charge in [-0.15, -0.1) is 0 Å². The van der Waals surface area contributed by atoms with Gasteiger partial charge in [-0.3, -0.25) is 9.69 Å². The third-order valence-corrected chi connectivity index (χ3v) is 6.66. The number of hydrogen-bond donors (Lipinski definition) is 0. The first kappa shape index (κ1) is 16.3. The summed E-state index contributed by atoms with van der Waals surface area (Å²) in [6, 6.07) is 6.42. The zero-order valence-corrected chi connectivity index (χ0v) is 15.4. The van der Waals surface area contributed by atoms with Crippen LogP contribution in [0, 0.1) is 5.92 Å².